The molecular formula is C42H64N6O6. The van der Waals surface area contributed by atoms with Gasteiger partial charge >= 0.3 is 6.03 Å². The van der Waals surface area contributed by atoms with Crippen LogP contribution >= 0.6 is 0 Å². The van der Waals surface area contributed by atoms with E-state index < -0.39 is 23.9 Å². The van der Waals surface area contributed by atoms with Gasteiger partial charge in [-0.1, -0.05) is 80.9 Å². The van der Waals surface area contributed by atoms with Crippen LogP contribution in [0.25, 0.3) is 0 Å². The molecule has 12 nitrogen and oxygen atoms in total. The fourth-order valence-corrected chi connectivity index (χ4v) is 6.96. The van der Waals surface area contributed by atoms with Crippen LogP contribution in [-0.2, 0) is 36.8 Å². The van der Waals surface area contributed by atoms with Crippen molar-refractivity contribution in [3.63, 3.8) is 0 Å². The molecule has 0 radical (unpaired) electrons. The van der Waals surface area contributed by atoms with Gasteiger partial charge in [-0.3, -0.25) is 19.2 Å². The van der Waals surface area contributed by atoms with Gasteiger partial charge in [-0.05, 0) is 68.5 Å². The van der Waals surface area contributed by atoms with Crippen LogP contribution in [0, 0.1) is 17.8 Å². The summed E-state index contributed by atoms with van der Waals surface area (Å²) in [5.74, 6) is -2.00. The third kappa shape index (κ3) is 16.1. The van der Waals surface area contributed by atoms with Crippen LogP contribution in [-0.4, -0.2) is 99.4 Å². The third-order valence-electron chi connectivity index (χ3n) is 10.1. The Labute approximate surface area is 322 Å². The van der Waals surface area contributed by atoms with E-state index in [0.717, 1.165) is 37.1 Å². The molecule has 12 heteroatoms. The summed E-state index contributed by atoms with van der Waals surface area (Å²) < 4.78 is 5.11. The number of methoxy groups -OCH3 is 1. The first kappa shape index (κ1) is 44.3. The summed E-state index contributed by atoms with van der Waals surface area (Å²) in [5.41, 5.74) is 8.22. The summed E-state index contributed by atoms with van der Waals surface area (Å²) in [6, 6.07) is 17.3. The van der Waals surface area contributed by atoms with Gasteiger partial charge in [0.2, 0.25) is 11.8 Å². The minimum absolute atomic E-state index is 0.00819. The van der Waals surface area contributed by atoms with Gasteiger partial charge < -0.3 is 36.6 Å². The number of unbranched alkanes of at least 4 members (excludes halogenated alkanes) is 1. The van der Waals surface area contributed by atoms with Crippen molar-refractivity contribution in [1.82, 2.24) is 26.2 Å². The SMILES string of the molecule is CNC(=O)NC1CCN(C(=O)[C@@H](CCCCNCCOC)CC(=O)[C@@H](CC(C)C)NC(=O)[C@H](CC(=O)[C@H](N)Cc2ccccc2)Cc2ccccc2)CC1. The van der Waals surface area contributed by atoms with Gasteiger partial charge in [0.15, 0.2) is 11.6 Å². The summed E-state index contributed by atoms with van der Waals surface area (Å²) in [7, 11) is 3.23. The lowest BCUT2D eigenvalue weighted by molar-refractivity contribution is -0.140. The number of benzene rings is 2. The van der Waals surface area contributed by atoms with Gasteiger partial charge in [-0.2, -0.15) is 0 Å². The molecule has 1 saturated heterocycles. The van der Waals surface area contributed by atoms with Crippen LogP contribution in [0.15, 0.2) is 60.7 Å². The van der Waals surface area contributed by atoms with Crippen molar-refractivity contribution >= 4 is 29.4 Å². The monoisotopic (exact) mass is 748 g/mol. The summed E-state index contributed by atoms with van der Waals surface area (Å²) in [5, 5.41) is 11.9. The Morgan fingerprint density at radius 3 is 2.04 bits per heavy atom. The highest BCUT2D eigenvalue weighted by Crippen LogP contribution is 2.23. The highest BCUT2D eigenvalue weighted by Gasteiger charge is 2.34. The average molecular weight is 749 g/mol. The molecule has 0 unspecified atom stereocenters. The van der Waals surface area contributed by atoms with Crippen LogP contribution < -0.4 is 27.0 Å². The van der Waals surface area contributed by atoms with E-state index in [0.29, 0.717) is 58.2 Å². The molecule has 4 amide bonds. The number of hydrogen-bond donors (Lipinski definition) is 5. The number of amides is 4. The van der Waals surface area contributed by atoms with E-state index in [1.165, 1.54) is 0 Å². The largest absolute Gasteiger partial charge is 0.383 e. The maximum Gasteiger partial charge on any atom is 0.314 e. The number of hydrogen-bond acceptors (Lipinski definition) is 8. The van der Waals surface area contributed by atoms with Crippen molar-refractivity contribution in [2.45, 2.75) is 96.2 Å². The average Bonchev–Trinajstić information content (AvgIpc) is 3.17. The first-order valence-corrected chi connectivity index (χ1v) is 19.7. The quantitative estimate of drug-likeness (QED) is 0.101. The molecule has 0 aliphatic carbocycles. The van der Waals surface area contributed by atoms with Crippen molar-refractivity contribution in [2.75, 3.05) is 46.9 Å². The van der Waals surface area contributed by atoms with E-state index in [9.17, 15) is 24.0 Å². The van der Waals surface area contributed by atoms with E-state index in [1.54, 1.807) is 14.2 Å². The molecule has 0 spiro atoms. The van der Waals surface area contributed by atoms with Gasteiger partial charge in [0.05, 0.1) is 18.7 Å². The zero-order valence-corrected chi connectivity index (χ0v) is 32.8. The molecular weight excluding hydrogens is 684 g/mol. The van der Waals surface area contributed by atoms with E-state index in [-0.39, 0.29) is 54.2 Å². The number of rotatable bonds is 24. The molecule has 3 rings (SSSR count). The molecule has 0 aromatic heterocycles. The Balaban J connectivity index is 1.74. The van der Waals surface area contributed by atoms with Crippen LogP contribution in [0.1, 0.15) is 76.3 Å². The standard InChI is InChI=1S/C42H64N6O6/c1-30(2)25-37(47-40(51)34(26-31-13-7-5-8-14-31)29-38(49)36(43)27-32-15-9-6-10-16-32)39(50)28-33(17-11-12-20-45-21-24-54-4)41(52)48-22-18-35(19-23-48)46-42(53)44-3/h5-10,13-16,30,33-37,45H,11-12,17-29,43H2,1-4H3,(H,47,51)(H2,44,46,53)/t33-,34-,36+,37+/m0/s1. The number of nitrogens with one attached hydrogen (secondary N) is 4. The molecule has 1 heterocycles. The highest BCUT2D eigenvalue weighted by molar-refractivity contribution is 5.94. The summed E-state index contributed by atoms with van der Waals surface area (Å²) >= 11 is 0. The van der Waals surface area contributed by atoms with E-state index in [4.69, 9.17) is 10.5 Å². The minimum atomic E-state index is -0.808. The number of ketones is 2. The predicted octanol–water partition coefficient (Wildman–Crippen LogP) is 3.81. The second-order valence-corrected chi connectivity index (χ2v) is 15.0. The third-order valence-corrected chi connectivity index (χ3v) is 10.1. The molecule has 1 fully saturated rings. The lowest BCUT2D eigenvalue weighted by Crippen LogP contribution is -2.50. The molecule has 4 atom stereocenters. The number of likely N-dealkylation sites (tertiary alicyclic amines) is 1. The zero-order valence-electron chi connectivity index (χ0n) is 32.8. The number of carbonyl (C=O) groups is 5. The van der Waals surface area contributed by atoms with Crippen molar-refractivity contribution in [3.8, 4) is 0 Å². The van der Waals surface area contributed by atoms with Crippen molar-refractivity contribution in [1.29, 1.82) is 0 Å². The van der Waals surface area contributed by atoms with Gasteiger partial charge in [0, 0.05) is 64.5 Å². The topological polar surface area (TPSA) is 172 Å². The van der Waals surface area contributed by atoms with Crippen molar-refractivity contribution in [2.24, 2.45) is 23.5 Å². The lowest BCUT2D eigenvalue weighted by Gasteiger charge is -2.35. The molecule has 1 aliphatic rings. The molecule has 2 aromatic rings. The Hall–Kier alpha value is -4.13. The smallest absolute Gasteiger partial charge is 0.314 e. The molecule has 0 bridgehead atoms. The number of urea groups is 1. The second-order valence-electron chi connectivity index (χ2n) is 15.0. The first-order valence-electron chi connectivity index (χ1n) is 19.7. The number of piperidine rings is 1. The van der Waals surface area contributed by atoms with Gasteiger partial charge in [-0.25, -0.2) is 4.79 Å². The summed E-state index contributed by atoms with van der Waals surface area (Å²) in [4.78, 5) is 69.4. The molecule has 54 heavy (non-hydrogen) atoms. The van der Waals surface area contributed by atoms with Gasteiger partial charge in [-0.15, -0.1) is 0 Å². The molecule has 0 saturated carbocycles. The Bertz CT molecular complexity index is 1430. The van der Waals surface area contributed by atoms with Gasteiger partial charge in [0.1, 0.15) is 0 Å². The highest BCUT2D eigenvalue weighted by atomic mass is 16.5. The fraction of sp³-hybridized carbons (Fsp3) is 0.595. The number of Topliss-reactive ketones (excluding diaryl/α,β-unsaturated/α-hetero) is 2. The molecule has 1 aliphatic heterocycles. The van der Waals surface area contributed by atoms with Crippen molar-refractivity contribution < 1.29 is 28.7 Å². The summed E-state index contributed by atoms with van der Waals surface area (Å²) in [6.07, 6.45) is 4.45. The van der Waals surface area contributed by atoms with Crippen molar-refractivity contribution in [3.05, 3.63) is 71.8 Å². The van der Waals surface area contributed by atoms with Gasteiger partial charge in [0.25, 0.3) is 0 Å². The van der Waals surface area contributed by atoms with E-state index in [1.807, 2.05) is 79.4 Å². The Morgan fingerprint density at radius 2 is 1.44 bits per heavy atom. The minimum Gasteiger partial charge on any atom is -0.383 e. The lowest BCUT2D eigenvalue weighted by atomic mass is 9.87. The number of ether oxygens (including phenoxy) is 1. The molecule has 6 N–H and O–H groups in total. The van der Waals surface area contributed by atoms with Crippen LogP contribution in [0.3, 0.4) is 0 Å². The van der Waals surface area contributed by atoms with E-state index >= 15 is 0 Å². The zero-order chi connectivity index (χ0) is 39.3. The molecule has 298 valence electrons. The van der Waals surface area contributed by atoms with Crippen LogP contribution in [0.2, 0.25) is 0 Å². The maximum absolute atomic E-state index is 14.2. The normalized spacial score (nSPS) is 15.6. The van der Waals surface area contributed by atoms with Crippen LogP contribution in [0.5, 0.6) is 0 Å². The number of nitrogens with two attached hydrogens (primary N) is 1. The Kier molecular flexibility index (Phi) is 19.9. The molecule has 2 aromatic carbocycles. The van der Waals surface area contributed by atoms with Crippen LogP contribution in [0.4, 0.5) is 4.79 Å². The second kappa shape index (κ2) is 24.3. The Morgan fingerprint density at radius 1 is 0.833 bits per heavy atom. The number of carbonyl (C=O) groups excluding carboxylic acids is 5. The van der Waals surface area contributed by atoms with E-state index in [2.05, 4.69) is 21.3 Å². The predicted molar refractivity (Wildman–Crippen MR) is 212 cm³/mol. The number of nitrogens with zero attached hydrogens (tertiary/aromatic N) is 1. The maximum atomic E-state index is 14.2. The first-order chi connectivity index (χ1) is 26.0. The summed E-state index contributed by atoms with van der Waals surface area (Å²) in [6.45, 7) is 7.10. The fourth-order valence-electron chi connectivity index (χ4n) is 6.96.